The number of aryl methyl sites for hydroxylation is 3. The highest BCUT2D eigenvalue weighted by Gasteiger charge is 2.20. The maximum atomic E-state index is 6.36. The number of nitrogens with one attached hydrogen (secondary N) is 1. The number of nitrogens with zero attached hydrogens (tertiary/aromatic N) is 4. The van der Waals surface area contributed by atoms with Gasteiger partial charge in [0.1, 0.15) is 5.15 Å². The average Bonchev–Trinajstić information content (AvgIpc) is 3.12. The van der Waals surface area contributed by atoms with Crippen LogP contribution in [0.5, 0.6) is 0 Å². The molecule has 0 amide bonds. The lowest BCUT2D eigenvalue weighted by atomic mass is 10.1. The smallest absolute Gasteiger partial charge is 0.131 e. The van der Waals surface area contributed by atoms with Crippen molar-refractivity contribution in [2.24, 2.45) is 7.05 Å². The maximum Gasteiger partial charge on any atom is 0.131 e. The molecule has 0 atom stereocenters. The summed E-state index contributed by atoms with van der Waals surface area (Å²) >= 11 is 6.36. The van der Waals surface area contributed by atoms with Crippen molar-refractivity contribution < 1.29 is 0 Å². The fraction of sp³-hybridized carbons (Fsp3) is 0.600. The fourth-order valence-corrected chi connectivity index (χ4v) is 3.35. The van der Waals surface area contributed by atoms with Gasteiger partial charge in [0.05, 0.1) is 11.4 Å². The Kier molecular flexibility index (Phi) is 4.04. The van der Waals surface area contributed by atoms with E-state index in [0.29, 0.717) is 0 Å². The number of rotatable bonds is 5. The largest absolute Gasteiger partial charge is 0.296 e. The Balaban J connectivity index is 1.73. The third kappa shape index (κ3) is 2.72. The summed E-state index contributed by atoms with van der Waals surface area (Å²) in [4.78, 5) is 2.26. The number of aromatic nitrogens is 4. The van der Waals surface area contributed by atoms with E-state index in [9.17, 15) is 0 Å². The van der Waals surface area contributed by atoms with Crippen LogP contribution >= 0.6 is 11.6 Å². The Hall–Kier alpha value is -1.33. The standard InChI is InChI=1S/C15H22ClN5/c1-4-12-11(15(16)21(3)19-12)8-20(2)9-14-10-6-5-7-13(10)17-18-14/h4-9H2,1-3H3,(H,17,18). The Morgan fingerprint density at radius 2 is 2.10 bits per heavy atom. The van der Waals surface area contributed by atoms with E-state index in [1.807, 2.05) is 7.05 Å². The van der Waals surface area contributed by atoms with Gasteiger partial charge in [0, 0.05) is 31.4 Å². The first-order valence-corrected chi connectivity index (χ1v) is 7.91. The van der Waals surface area contributed by atoms with Gasteiger partial charge in [0.2, 0.25) is 0 Å². The molecule has 0 saturated heterocycles. The minimum absolute atomic E-state index is 0.742. The first-order chi connectivity index (χ1) is 10.1. The molecule has 5 nitrogen and oxygen atoms in total. The van der Waals surface area contributed by atoms with Gasteiger partial charge >= 0.3 is 0 Å². The van der Waals surface area contributed by atoms with E-state index in [-0.39, 0.29) is 0 Å². The Bertz CT molecular complexity index is 643. The molecule has 0 bridgehead atoms. The van der Waals surface area contributed by atoms with E-state index in [1.54, 1.807) is 4.68 Å². The molecule has 114 valence electrons. The van der Waals surface area contributed by atoms with Gasteiger partial charge in [-0.2, -0.15) is 10.2 Å². The highest BCUT2D eigenvalue weighted by Crippen LogP contribution is 2.25. The molecule has 1 aliphatic carbocycles. The number of halogens is 1. The van der Waals surface area contributed by atoms with Crippen LogP contribution in [-0.4, -0.2) is 31.9 Å². The number of hydrogen-bond donors (Lipinski definition) is 1. The van der Waals surface area contributed by atoms with Crippen molar-refractivity contribution in [3.63, 3.8) is 0 Å². The monoisotopic (exact) mass is 307 g/mol. The lowest BCUT2D eigenvalue weighted by Gasteiger charge is -2.16. The number of H-pyrrole nitrogens is 1. The van der Waals surface area contributed by atoms with Crippen LogP contribution < -0.4 is 0 Å². The number of aromatic amines is 1. The van der Waals surface area contributed by atoms with Gasteiger partial charge in [-0.3, -0.25) is 14.7 Å². The van der Waals surface area contributed by atoms with Crippen molar-refractivity contribution >= 4 is 11.6 Å². The highest BCUT2D eigenvalue weighted by atomic mass is 35.5. The van der Waals surface area contributed by atoms with Gasteiger partial charge < -0.3 is 0 Å². The third-order valence-corrected chi connectivity index (χ3v) is 4.70. The summed E-state index contributed by atoms with van der Waals surface area (Å²) in [6.07, 6.45) is 4.44. The molecule has 6 heteroatoms. The summed E-state index contributed by atoms with van der Waals surface area (Å²) in [5.74, 6) is 0. The fourth-order valence-electron chi connectivity index (χ4n) is 3.14. The lowest BCUT2D eigenvalue weighted by Crippen LogP contribution is -2.19. The second-order valence-electron chi connectivity index (χ2n) is 5.85. The highest BCUT2D eigenvalue weighted by molar-refractivity contribution is 6.30. The Labute approximate surface area is 130 Å². The van der Waals surface area contributed by atoms with Crippen molar-refractivity contribution in [3.05, 3.63) is 33.4 Å². The average molecular weight is 308 g/mol. The summed E-state index contributed by atoms with van der Waals surface area (Å²) in [5.41, 5.74) is 6.16. The summed E-state index contributed by atoms with van der Waals surface area (Å²) in [6, 6.07) is 0. The van der Waals surface area contributed by atoms with Gasteiger partial charge in [-0.1, -0.05) is 18.5 Å². The van der Waals surface area contributed by atoms with Gasteiger partial charge in [-0.05, 0) is 38.3 Å². The molecule has 2 aromatic heterocycles. The SMILES string of the molecule is CCc1nn(C)c(Cl)c1CN(C)Cc1n[nH]c2c1CCC2. The summed E-state index contributed by atoms with van der Waals surface area (Å²) in [6.45, 7) is 3.76. The van der Waals surface area contributed by atoms with Crippen LogP contribution in [0.3, 0.4) is 0 Å². The molecule has 2 aromatic rings. The van der Waals surface area contributed by atoms with E-state index in [0.717, 1.165) is 48.8 Å². The van der Waals surface area contributed by atoms with Crippen LogP contribution in [0, 0.1) is 0 Å². The van der Waals surface area contributed by atoms with Crippen molar-refractivity contribution in [1.82, 2.24) is 24.9 Å². The molecule has 0 aromatic carbocycles. The molecular formula is C15H22ClN5. The van der Waals surface area contributed by atoms with E-state index < -0.39 is 0 Å². The van der Waals surface area contributed by atoms with Crippen LogP contribution in [-0.2, 0) is 39.4 Å². The Morgan fingerprint density at radius 1 is 1.29 bits per heavy atom. The molecular weight excluding hydrogens is 286 g/mol. The molecule has 0 radical (unpaired) electrons. The van der Waals surface area contributed by atoms with Gasteiger partial charge in [0.25, 0.3) is 0 Å². The van der Waals surface area contributed by atoms with Crippen molar-refractivity contribution in [3.8, 4) is 0 Å². The van der Waals surface area contributed by atoms with Crippen LogP contribution in [0.1, 0.15) is 41.6 Å². The third-order valence-electron chi connectivity index (χ3n) is 4.23. The summed E-state index contributed by atoms with van der Waals surface area (Å²) in [5, 5.41) is 12.9. The second-order valence-corrected chi connectivity index (χ2v) is 6.20. The molecule has 3 rings (SSSR count). The maximum absolute atomic E-state index is 6.36. The zero-order chi connectivity index (χ0) is 15.0. The molecule has 21 heavy (non-hydrogen) atoms. The summed E-state index contributed by atoms with van der Waals surface area (Å²) in [7, 11) is 4.00. The minimum Gasteiger partial charge on any atom is -0.296 e. The number of fused-ring (bicyclic) bond motifs is 1. The number of hydrogen-bond acceptors (Lipinski definition) is 3. The van der Waals surface area contributed by atoms with Gasteiger partial charge in [0.15, 0.2) is 0 Å². The van der Waals surface area contributed by atoms with Gasteiger partial charge in [-0.15, -0.1) is 0 Å². The summed E-state index contributed by atoms with van der Waals surface area (Å²) < 4.78 is 1.76. The minimum atomic E-state index is 0.742. The molecule has 0 fully saturated rings. The van der Waals surface area contributed by atoms with E-state index in [2.05, 4.69) is 34.2 Å². The van der Waals surface area contributed by atoms with Crippen LogP contribution in [0.15, 0.2) is 0 Å². The molecule has 0 unspecified atom stereocenters. The quantitative estimate of drug-likeness (QED) is 0.923. The van der Waals surface area contributed by atoms with Crippen LogP contribution in [0.4, 0.5) is 0 Å². The van der Waals surface area contributed by atoms with E-state index in [4.69, 9.17) is 11.6 Å². The predicted molar refractivity (Wildman–Crippen MR) is 83.4 cm³/mol. The Morgan fingerprint density at radius 3 is 2.86 bits per heavy atom. The first kappa shape index (κ1) is 14.6. The van der Waals surface area contributed by atoms with Crippen molar-refractivity contribution in [2.75, 3.05) is 7.05 Å². The molecule has 1 aliphatic rings. The molecule has 0 aliphatic heterocycles. The van der Waals surface area contributed by atoms with Gasteiger partial charge in [-0.25, -0.2) is 0 Å². The van der Waals surface area contributed by atoms with Crippen LogP contribution in [0.25, 0.3) is 0 Å². The predicted octanol–water partition coefficient (Wildman–Crippen LogP) is 2.48. The zero-order valence-corrected chi connectivity index (χ0v) is 13.7. The van der Waals surface area contributed by atoms with Crippen LogP contribution in [0.2, 0.25) is 5.15 Å². The zero-order valence-electron chi connectivity index (χ0n) is 12.9. The van der Waals surface area contributed by atoms with Crippen molar-refractivity contribution in [1.29, 1.82) is 0 Å². The molecule has 0 spiro atoms. The molecule has 0 saturated carbocycles. The lowest BCUT2D eigenvalue weighted by molar-refractivity contribution is 0.313. The molecule has 2 heterocycles. The van der Waals surface area contributed by atoms with E-state index >= 15 is 0 Å². The first-order valence-electron chi connectivity index (χ1n) is 7.54. The van der Waals surface area contributed by atoms with Crippen molar-refractivity contribution in [2.45, 2.75) is 45.7 Å². The topological polar surface area (TPSA) is 49.7 Å². The normalized spacial score (nSPS) is 14.1. The van der Waals surface area contributed by atoms with E-state index in [1.165, 1.54) is 23.4 Å². The second kappa shape index (κ2) is 5.81. The molecule has 1 N–H and O–H groups in total.